The van der Waals surface area contributed by atoms with E-state index in [9.17, 15) is 0 Å². The lowest BCUT2D eigenvalue weighted by Crippen LogP contribution is -1.92. The van der Waals surface area contributed by atoms with Crippen LogP contribution in [0, 0.1) is 0 Å². The third-order valence-electron chi connectivity index (χ3n) is 4.86. The first-order valence-electron chi connectivity index (χ1n) is 15.0. The van der Waals surface area contributed by atoms with Gasteiger partial charge in [0.2, 0.25) is 0 Å². The molecule has 0 aromatic heterocycles. The molecule has 39 heavy (non-hydrogen) atoms. The van der Waals surface area contributed by atoms with Gasteiger partial charge in [-0.2, -0.15) is 8.42 Å². The first-order valence-corrected chi connectivity index (χ1v) is 23.2. The molecule has 0 bridgehead atoms. The summed E-state index contributed by atoms with van der Waals surface area (Å²) in [6, 6.07) is 0. The van der Waals surface area contributed by atoms with Crippen LogP contribution in [0.2, 0.25) is 0 Å². The van der Waals surface area contributed by atoms with E-state index in [2.05, 4.69) is 62.3 Å². The molecule has 0 heterocycles. The lowest BCUT2D eigenvalue weighted by atomic mass is 10.6. The van der Waals surface area contributed by atoms with E-state index >= 15 is 0 Å². The zero-order valence-corrected chi connectivity index (χ0v) is 31.3. The maximum Gasteiger partial charge on any atom is 0.692 e. The average molecular weight is 660 g/mol. The Labute approximate surface area is 249 Å². The fraction of sp³-hybridized carbons (Fsp3) is 1.00. The van der Waals surface area contributed by atoms with Crippen LogP contribution >= 0.6 is 32.0 Å². The van der Waals surface area contributed by atoms with Crippen LogP contribution in [0.1, 0.15) is 120 Å². The molecule has 0 radical (unpaired) electrons. The minimum Gasteiger partial charge on any atom is -0.264 e. The van der Waals surface area contributed by atoms with E-state index in [0.29, 0.717) is 23.8 Å². The van der Waals surface area contributed by atoms with Gasteiger partial charge in [0.1, 0.15) is 0 Å². The molecule has 0 unspecified atom stereocenters. The Morgan fingerprint density at radius 1 is 0.436 bits per heavy atom. The van der Waals surface area contributed by atoms with Gasteiger partial charge in [-0.25, -0.2) is 0 Å². The van der Waals surface area contributed by atoms with Crippen molar-refractivity contribution in [3.8, 4) is 0 Å². The van der Waals surface area contributed by atoms with Crippen molar-refractivity contribution in [2.75, 3.05) is 55.5 Å². The topological polar surface area (TPSA) is 132 Å². The van der Waals surface area contributed by atoms with E-state index in [1.807, 2.05) is 0 Å². The van der Waals surface area contributed by atoms with Crippen LogP contribution in [0.4, 0.5) is 0 Å². The molecule has 0 fully saturated rings. The van der Waals surface area contributed by atoms with Gasteiger partial charge in [0.15, 0.2) is 0 Å². The lowest BCUT2D eigenvalue weighted by molar-refractivity contribution is 0.380. The minimum absolute atomic E-state index is 0.439. The molecule has 0 amide bonds. The predicted molar refractivity (Wildman–Crippen MR) is 183 cm³/mol. The van der Waals surface area contributed by atoms with Crippen LogP contribution in [-0.2, 0) is 15.0 Å². The summed E-state index contributed by atoms with van der Waals surface area (Å²) < 4.78 is 40.3. The van der Waals surface area contributed by atoms with Crippen molar-refractivity contribution in [3.63, 3.8) is 0 Å². The fourth-order valence-corrected chi connectivity index (χ4v) is 11.6. The first-order chi connectivity index (χ1) is 18.3. The van der Waals surface area contributed by atoms with Gasteiger partial charge in [0.25, 0.3) is 0 Å². The molecule has 0 aromatic rings. The van der Waals surface area contributed by atoms with E-state index in [-0.39, 0.29) is 0 Å². The summed E-state index contributed by atoms with van der Waals surface area (Å²) in [6.07, 6.45) is 26.1. The molecule has 0 saturated heterocycles. The quantitative estimate of drug-likeness (QED) is 0.0850. The highest BCUT2D eigenvalue weighted by Crippen LogP contribution is 2.38. The maximum atomic E-state index is 8.74. The summed E-state index contributed by atoms with van der Waals surface area (Å²) >= 11 is 0. The Morgan fingerprint density at radius 3 is 0.564 bits per heavy atom. The van der Waals surface area contributed by atoms with E-state index in [1.54, 1.807) is 0 Å². The van der Waals surface area contributed by atoms with Gasteiger partial charge in [-0.15, -0.1) is 33.6 Å². The Bertz CT molecular complexity index is 459. The minimum atomic E-state index is -4.67. The molecule has 4 N–H and O–H groups in total. The van der Waals surface area contributed by atoms with Crippen LogP contribution in [0.5, 0.6) is 0 Å². The van der Waals surface area contributed by atoms with Crippen molar-refractivity contribution in [1.82, 2.24) is 0 Å². The number of rotatable bonds is 18. The smallest absolute Gasteiger partial charge is 0.264 e. The van der Waals surface area contributed by atoms with E-state index in [1.165, 1.54) is 113 Å². The molecule has 242 valence electrons. The van der Waals surface area contributed by atoms with Crippen molar-refractivity contribution in [1.29, 1.82) is 0 Å². The fourth-order valence-electron chi connectivity index (χ4n) is 3.85. The molecule has 0 rings (SSSR count). The largest absolute Gasteiger partial charge is 0.692 e. The van der Waals surface area contributed by atoms with Crippen LogP contribution in [0.25, 0.3) is 0 Å². The summed E-state index contributed by atoms with van der Waals surface area (Å²) in [5, 5.41) is 0. The molecule has 0 aliphatic carbocycles. The molecule has 0 atom stereocenters. The summed E-state index contributed by atoms with van der Waals surface area (Å²) in [7, 11) is -6.22. The molecular weight excluding hydrogens is 592 g/mol. The van der Waals surface area contributed by atoms with Gasteiger partial charge < -0.3 is 0 Å². The van der Waals surface area contributed by atoms with Crippen molar-refractivity contribution in [2.24, 2.45) is 0 Å². The average Bonchev–Trinajstić information content (AvgIpc) is 2.80. The Kier molecular flexibility index (Phi) is 52.8. The van der Waals surface area contributed by atoms with Gasteiger partial charge in [-0.05, 0) is 55.5 Å². The summed E-state index contributed by atoms with van der Waals surface area (Å²) in [4.78, 5) is 14.2. The van der Waals surface area contributed by atoms with Crippen molar-refractivity contribution < 1.29 is 31.9 Å². The van der Waals surface area contributed by atoms with Crippen LogP contribution < -0.4 is 0 Å². The highest BCUT2D eigenvalue weighted by molar-refractivity contribution is 7.79. The van der Waals surface area contributed by atoms with Crippen LogP contribution in [-0.4, -0.2) is 82.8 Å². The van der Waals surface area contributed by atoms with Crippen LogP contribution in [0.3, 0.4) is 0 Å². The van der Waals surface area contributed by atoms with Gasteiger partial charge in [-0.3, -0.25) is 9.11 Å². The van der Waals surface area contributed by atoms with Crippen molar-refractivity contribution in [3.05, 3.63) is 0 Å². The summed E-state index contributed by atoms with van der Waals surface area (Å²) in [5.74, 6) is 0. The molecule has 0 aliphatic heterocycles. The first kappa shape index (κ1) is 49.8. The van der Waals surface area contributed by atoms with Gasteiger partial charge >= 0.3 is 18.7 Å². The molecule has 7 nitrogen and oxygen atoms in total. The number of hydrogen-bond donors (Lipinski definition) is 4. The summed E-state index contributed by atoms with van der Waals surface area (Å²) in [5.41, 5.74) is 0. The molecule has 12 heteroatoms. The normalized spacial score (nSPS) is 10.5. The molecule has 0 aliphatic rings. The molecule has 0 saturated carbocycles. The van der Waals surface area contributed by atoms with Crippen LogP contribution in [0.15, 0.2) is 0 Å². The second-order valence-corrected chi connectivity index (χ2v) is 18.7. The standard InChI is InChI=1S/3C9H21P.H2O4S.HO3P/c3*1-4-7-10(8-5-2)9-6-3;1-5(2,3)4;1-4(2)3/h3*4-9H2,1-3H3;(H2,1,2,3,4);(H-,1,2,3)/p+1. The molecule has 0 aromatic carbocycles. The van der Waals surface area contributed by atoms with Gasteiger partial charge in [0.05, 0.1) is 0 Å². The van der Waals surface area contributed by atoms with Crippen molar-refractivity contribution >= 4 is 42.4 Å². The Balaban J connectivity index is -0.000000129. The zero-order valence-electron chi connectivity index (χ0n) is 26.9. The number of hydrogen-bond acceptors (Lipinski definition) is 3. The lowest BCUT2D eigenvalue weighted by Gasteiger charge is -2.13. The predicted octanol–water partition coefficient (Wildman–Crippen LogP) is 10.1. The van der Waals surface area contributed by atoms with E-state index < -0.39 is 18.7 Å². The van der Waals surface area contributed by atoms with Gasteiger partial charge in [0, 0.05) is 4.57 Å². The SMILES string of the molecule is CCCP(CCC)CCC.CCCP(CCC)CCC.CCCP(CCC)CCC.O=S(=O)(O)O.O=[P+](O)O. The molecular formula is C27H67O7P4S+. The van der Waals surface area contributed by atoms with E-state index in [4.69, 9.17) is 31.9 Å². The second-order valence-electron chi connectivity index (χ2n) is 9.23. The second kappa shape index (κ2) is 41.3. The zero-order chi connectivity index (χ0) is 31.5. The maximum absolute atomic E-state index is 8.74. The highest BCUT2D eigenvalue weighted by Gasteiger charge is 2.04. The summed E-state index contributed by atoms with van der Waals surface area (Å²) in [6.45, 7) is 20.8. The highest BCUT2D eigenvalue weighted by atomic mass is 32.3. The van der Waals surface area contributed by atoms with E-state index in [0.717, 1.165) is 0 Å². The Morgan fingerprint density at radius 2 is 0.513 bits per heavy atom. The van der Waals surface area contributed by atoms with Gasteiger partial charge in [-0.1, -0.05) is 120 Å². The third-order valence-corrected chi connectivity index (χ3v) is 14.6. The van der Waals surface area contributed by atoms with Crippen molar-refractivity contribution in [2.45, 2.75) is 120 Å². The molecule has 0 spiro atoms. The Hall–Kier alpha value is 1.18. The monoisotopic (exact) mass is 659 g/mol. The third kappa shape index (κ3) is 68.2.